The molecule has 1 aromatic carbocycles. The minimum absolute atomic E-state index is 0.293. The second kappa shape index (κ2) is 6.08. The summed E-state index contributed by atoms with van der Waals surface area (Å²) >= 11 is 0. The van der Waals surface area contributed by atoms with Crippen LogP contribution in [-0.4, -0.2) is 17.8 Å². The summed E-state index contributed by atoms with van der Waals surface area (Å²) in [6.07, 6.45) is 1.15. The number of hydrogen-bond donors (Lipinski definition) is 1. The number of rotatable bonds is 4. The third-order valence-corrected chi connectivity index (χ3v) is 3.64. The maximum atomic E-state index is 12.5. The molecule has 5 heteroatoms. The maximum Gasteiger partial charge on any atom is 0.335 e. The highest BCUT2D eigenvalue weighted by atomic mass is 16.2. The molecule has 1 aliphatic heterocycles. The van der Waals surface area contributed by atoms with Gasteiger partial charge in [0.1, 0.15) is 5.92 Å². The Balaban J connectivity index is 2.37. The summed E-state index contributed by atoms with van der Waals surface area (Å²) in [5.74, 6) is -1.42. The van der Waals surface area contributed by atoms with Gasteiger partial charge in [-0.1, -0.05) is 39.3 Å². The van der Waals surface area contributed by atoms with Gasteiger partial charge >= 0.3 is 6.03 Å². The Labute approximate surface area is 124 Å². The number of nitrogens with zero attached hydrogens (tertiary/aromatic N) is 1. The van der Waals surface area contributed by atoms with Crippen LogP contribution in [0.3, 0.4) is 0 Å². The number of anilines is 1. The fourth-order valence-electron chi connectivity index (χ4n) is 2.43. The standard InChI is InChI=1S/C16H20N2O3/c1-4-6-13-14(19)17-16(21)18(15(13)20)12-8-5-7-11(9-12)10(2)3/h5,7-10,13H,4,6H2,1-3H3,(H,17,19,21). The second-order valence-corrected chi connectivity index (χ2v) is 5.56. The first-order chi connectivity index (χ1) is 9.95. The van der Waals surface area contributed by atoms with Crippen LogP contribution in [0.5, 0.6) is 0 Å². The molecule has 0 bridgehead atoms. The molecular formula is C16H20N2O3. The van der Waals surface area contributed by atoms with E-state index in [1.54, 1.807) is 6.07 Å². The van der Waals surface area contributed by atoms with Gasteiger partial charge in [0.25, 0.3) is 0 Å². The minimum Gasteiger partial charge on any atom is -0.277 e. The largest absolute Gasteiger partial charge is 0.335 e. The number of imide groups is 2. The van der Waals surface area contributed by atoms with Gasteiger partial charge in [-0.05, 0) is 30.0 Å². The second-order valence-electron chi connectivity index (χ2n) is 5.56. The fraction of sp³-hybridized carbons (Fsp3) is 0.438. The molecule has 1 saturated heterocycles. The molecule has 112 valence electrons. The van der Waals surface area contributed by atoms with Gasteiger partial charge in [0.15, 0.2) is 0 Å². The molecule has 5 nitrogen and oxygen atoms in total. The number of barbiturate groups is 1. The van der Waals surface area contributed by atoms with Gasteiger partial charge in [-0.25, -0.2) is 9.69 Å². The summed E-state index contributed by atoms with van der Waals surface area (Å²) in [4.78, 5) is 37.3. The van der Waals surface area contributed by atoms with Crippen molar-refractivity contribution in [3.8, 4) is 0 Å². The molecule has 0 aromatic heterocycles. The van der Waals surface area contributed by atoms with Crippen molar-refractivity contribution in [2.75, 3.05) is 4.90 Å². The van der Waals surface area contributed by atoms with Crippen molar-refractivity contribution >= 4 is 23.5 Å². The summed E-state index contributed by atoms with van der Waals surface area (Å²) in [7, 11) is 0. The van der Waals surface area contributed by atoms with E-state index < -0.39 is 23.8 Å². The number of carbonyl (C=O) groups is 3. The Hall–Kier alpha value is -2.17. The average Bonchev–Trinajstić information content (AvgIpc) is 2.43. The van der Waals surface area contributed by atoms with Crippen molar-refractivity contribution in [1.82, 2.24) is 5.32 Å². The van der Waals surface area contributed by atoms with Gasteiger partial charge in [-0.2, -0.15) is 0 Å². The molecule has 1 N–H and O–H groups in total. The summed E-state index contributed by atoms with van der Waals surface area (Å²) in [6, 6.07) is 6.63. The average molecular weight is 288 g/mol. The maximum absolute atomic E-state index is 12.5. The summed E-state index contributed by atoms with van der Waals surface area (Å²) in [6.45, 7) is 5.99. The van der Waals surface area contributed by atoms with E-state index in [9.17, 15) is 14.4 Å². The lowest BCUT2D eigenvalue weighted by Crippen LogP contribution is -2.58. The zero-order valence-electron chi connectivity index (χ0n) is 12.6. The summed E-state index contributed by atoms with van der Waals surface area (Å²) in [5, 5.41) is 2.27. The van der Waals surface area contributed by atoms with E-state index in [0.717, 1.165) is 10.5 Å². The van der Waals surface area contributed by atoms with Crippen molar-refractivity contribution in [1.29, 1.82) is 0 Å². The monoisotopic (exact) mass is 288 g/mol. The fourth-order valence-corrected chi connectivity index (χ4v) is 2.43. The first kappa shape index (κ1) is 15.2. The van der Waals surface area contributed by atoms with E-state index in [2.05, 4.69) is 5.32 Å². The highest BCUT2D eigenvalue weighted by Gasteiger charge is 2.40. The zero-order chi connectivity index (χ0) is 15.6. The number of carbonyl (C=O) groups excluding carboxylic acids is 3. The Kier molecular flexibility index (Phi) is 4.40. The van der Waals surface area contributed by atoms with Gasteiger partial charge in [0.05, 0.1) is 5.69 Å². The number of urea groups is 1. The predicted octanol–water partition coefficient (Wildman–Crippen LogP) is 2.81. The molecule has 0 spiro atoms. The van der Waals surface area contributed by atoms with Crippen molar-refractivity contribution in [2.45, 2.75) is 39.5 Å². The molecule has 1 fully saturated rings. The van der Waals surface area contributed by atoms with Crippen LogP contribution in [0.4, 0.5) is 10.5 Å². The Morgan fingerprint density at radius 1 is 1.24 bits per heavy atom. The lowest BCUT2D eigenvalue weighted by molar-refractivity contribution is -0.134. The highest BCUT2D eigenvalue weighted by molar-refractivity contribution is 6.27. The van der Waals surface area contributed by atoms with Crippen LogP contribution >= 0.6 is 0 Å². The van der Waals surface area contributed by atoms with E-state index in [1.807, 2.05) is 39.0 Å². The summed E-state index contributed by atoms with van der Waals surface area (Å²) in [5.41, 5.74) is 1.55. The number of hydrogen-bond acceptors (Lipinski definition) is 3. The van der Waals surface area contributed by atoms with Gasteiger partial charge < -0.3 is 0 Å². The highest BCUT2D eigenvalue weighted by Crippen LogP contribution is 2.26. The molecule has 21 heavy (non-hydrogen) atoms. The molecule has 1 atom stereocenters. The first-order valence-corrected chi connectivity index (χ1v) is 7.24. The third-order valence-electron chi connectivity index (χ3n) is 3.64. The zero-order valence-corrected chi connectivity index (χ0v) is 12.6. The number of amides is 4. The van der Waals surface area contributed by atoms with Crippen molar-refractivity contribution in [3.63, 3.8) is 0 Å². The van der Waals surface area contributed by atoms with E-state index in [1.165, 1.54) is 0 Å². The van der Waals surface area contributed by atoms with Gasteiger partial charge in [0.2, 0.25) is 11.8 Å². The SMILES string of the molecule is CCCC1C(=O)NC(=O)N(c2cccc(C(C)C)c2)C1=O. The molecular weight excluding hydrogens is 268 g/mol. The van der Waals surface area contributed by atoms with Crippen LogP contribution in [0.1, 0.15) is 45.1 Å². The van der Waals surface area contributed by atoms with Crippen LogP contribution in [0, 0.1) is 5.92 Å². The van der Waals surface area contributed by atoms with E-state index >= 15 is 0 Å². The minimum atomic E-state index is -0.782. The lowest BCUT2D eigenvalue weighted by atomic mass is 9.98. The van der Waals surface area contributed by atoms with Crippen molar-refractivity contribution in [2.24, 2.45) is 5.92 Å². The number of benzene rings is 1. The molecule has 0 radical (unpaired) electrons. The van der Waals surface area contributed by atoms with Gasteiger partial charge in [-0.3, -0.25) is 14.9 Å². The lowest BCUT2D eigenvalue weighted by Gasteiger charge is -2.30. The molecule has 1 aliphatic rings. The smallest absolute Gasteiger partial charge is 0.277 e. The molecule has 0 saturated carbocycles. The molecule has 1 aromatic rings. The van der Waals surface area contributed by atoms with E-state index in [4.69, 9.17) is 0 Å². The molecule has 4 amide bonds. The molecule has 2 rings (SSSR count). The quantitative estimate of drug-likeness (QED) is 0.866. The predicted molar refractivity (Wildman–Crippen MR) is 80.0 cm³/mol. The summed E-state index contributed by atoms with van der Waals surface area (Å²) < 4.78 is 0. The van der Waals surface area contributed by atoms with Crippen LogP contribution in [0.15, 0.2) is 24.3 Å². The van der Waals surface area contributed by atoms with Crippen LogP contribution in [-0.2, 0) is 9.59 Å². The topological polar surface area (TPSA) is 66.5 Å². The first-order valence-electron chi connectivity index (χ1n) is 7.24. The van der Waals surface area contributed by atoms with Crippen molar-refractivity contribution < 1.29 is 14.4 Å². The Morgan fingerprint density at radius 2 is 1.95 bits per heavy atom. The van der Waals surface area contributed by atoms with Gasteiger partial charge in [-0.15, -0.1) is 0 Å². The Bertz CT molecular complexity index is 581. The molecule has 1 heterocycles. The third kappa shape index (κ3) is 2.96. The van der Waals surface area contributed by atoms with Crippen molar-refractivity contribution in [3.05, 3.63) is 29.8 Å². The van der Waals surface area contributed by atoms with Crippen LogP contribution in [0.25, 0.3) is 0 Å². The van der Waals surface area contributed by atoms with E-state index in [0.29, 0.717) is 24.4 Å². The Morgan fingerprint density at radius 3 is 2.57 bits per heavy atom. The molecule has 1 unspecified atom stereocenters. The number of nitrogens with one attached hydrogen (secondary N) is 1. The molecule has 0 aliphatic carbocycles. The van der Waals surface area contributed by atoms with Crippen LogP contribution in [0.2, 0.25) is 0 Å². The van der Waals surface area contributed by atoms with Crippen LogP contribution < -0.4 is 10.2 Å². The van der Waals surface area contributed by atoms with E-state index in [-0.39, 0.29) is 0 Å². The van der Waals surface area contributed by atoms with Gasteiger partial charge in [0, 0.05) is 0 Å². The normalized spacial score (nSPS) is 19.1.